The SMILES string of the molecule is COc1ccc(Cl)c(NC(=O)CCNC(C)C)c1. The van der Waals surface area contributed by atoms with E-state index < -0.39 is 0 Å². The minimum atomic E-state index is -0.0710. The standard InChI is InChI=1S/C13H19ClN2O2/c1-9(2)15-7-6-13(17)16-12-8-10(18-3)4-5-11(12)14/h4-5,8-9,15H,6-7H2,1-3H3,(H,16,17). The van der Waals surface area contributed by atoms with Crippen molar-refractivity contribution >= 4 is 23.2 Å². The fourth-order valence-corrected chi connectivity index (χ4v) is 1.58. The summed E-state index contributed by atoms with van der Waals surface area (Å²) in [6, 6.07) is 5.52. The molecule has 0 saturated carbocycles. The van der Waals surface area contributed by atoms with Gasteiger partial charge < -0.3 is 15.4 Å². The predicted octanol–water partition coefficient (Wildman–Crippen LogP) is 2.68. The van der Waals surface area contributed by atoms with Crippen LogP contribution in [-0.2, 0) is 4.79 Å². The summed E-state index contributed by atoms with van der Waals surface area (Å²) in [4.78, 5) is 11.7. The molecule has 0 aliphatic heterocycles. The van der Waals surface area contributed by atoms with Gasteiger partial charge in [-0.05, 0) is 12.1 Å². The minimum absolute atomic E-state index is 0.0710. The van der Waals surface area contributed by atoms with Crippen molar-refractivity contribution in [2.45, 2.75) is 26.3 Å². The number of benzene rings is 1. The Kier molecular flexibility index (Phi) is 5.95. The molecule has 4 nitrogen and oxygen atoms in total. The number of rotatable bonds is 6. The molecule has 0 aliphatic carbocycles. The number of nitrogens with one attached hydrogen (secondary N) is 2. The Bertz CT molecular complexity index is 408. The van der Waals surface area contributed by atoms with Gasteiger partial charge in [0, 0.05) is 25.1 Å². The van der Waals surface area contributed by atoms with Crippen molar-refractivity contribution < 1.29 is 9.53 Å². The van der Waals surface area contributed by atoms with Gasteiger partial charge in [-0.2, -0.15) is 0 Å². The van der Waals surface area contributed by atoms with Crippen LogP contribution >= 0.6 is 11.6 Å². The van der Waals surface area contributed by atoms with Gasteiger partial charge in [0.15, 0.2) is 0 Å². The van der Waals surface area contributed by atoms with Crippen molar-refractivity contribution in [2.24, 2.45) is 0 Å². The monoisotopic (exact) mass is 270 g/mol. The molecule has 0 spiro atoms. The van der Waals surface area contributed by atoms with Crippen LogP contribution in [0, 0.1) is 0 Å². The molecule has 5 heteroatoms. The predicted molar refractivity (Wildman–Crippen MR) is 74.4 cm³/mol. The summed E-state index contributed by atoms with van der Waals surface area (Å²) in [6.07, 6.45) is 0.408. The number of hydrogen-bond donors (Lipinski definition) is 2. The second-order valence-corrected chi connectivity index (χ2v) is 4.66. The molecular formula is C13H19ClN2O2. The zero-order valence-corrected chi connectivity index (χ0v) is 11.7. The van der Waals surface area contributed by atoms with Crippen molar-refractivity contribution in [3.8, 4) is 5.75 Å². The fourth-order valence-electron chi connectivity index (χ4n) is 1.41. The Morgan fingerprint density at radius 3 is 2.78 bits per heavy atom. The molecule has 2 N–H and O–H groups in total. The molecule has 1 amide bonds. The van der Waals surface area contributed by atoms with Crippen LogP contribution < -0.4 is 15.4 Å². The van der Waals surface area contributed by atoms with E-state index in [1.54, 1.807) is 25.3 Å². The maximum absolute atomic E-state index is 11.7. The smallest absolute Gasteiger partial charge is 0.225 e. The molecule has 0 saturated heterocycles. The molecule has 0 bridgehead atoms. The summed E-state index contributed by atoms with van der Waals surface area (Å²) in [5.74, 6) is 0.591. The van der Waals surface area contributed by atoms with Crippen LogP contribution in [0.15, 0.2) is 18.2 Å². The third kappa shape index (κ3) is 4.94. The van der Waals surface area contributed by atoms with Crippen LogP contribution in [0.1, 0.15) is 20.3 Å². The number of ether oxygens (including phenoxy) is 1. The Morgan fingerprint density at radius 1 is 1.44 bits per heavy atom. The first-order chi connectivity index (χ1) is 8.52. The van der Waals surface area contributed by atoms with Crippen LogP contribution in [0.2, 0.25) is 5.02 Å². The van der Waals surface area contributed by atoms with Gasteiger partial charge in [-0.25, -0.2) is 0 Å². The molecule has 1 aromatic carbocycles. The molecule has 1 rings (SSSR count). The second-order valence-electron chi connectivity index (χ2n) is 4.25. The second kappa shape index (κ2) is 7.24. The van der Waals surface area contributed by atoms with Gasteiger partial charge in [0.05, 0.1) is 17.8 Å². The van der Waals surface area contributed by atoms with Gasteiger partial charge in [-0.15, -0.1) is 0 Å². The lowest BCUT2D eigenvalue weighted by Gasteiger charge is -2.10. The van der Waals surface area contributed by atoms with Crippen LogP contribution in [-0.4, -0.2) is 25.6 Å². The van der Waals surface area contributed by atoms with E-state index in [1.165, 1.54) is 0 Å². The quantitative estimate of drug-likeness (QED) is 0.836. The first-order valence-electron chi connectivity index (χ1n) is 5.89. The van der Waals surface area contributed by atoms with E-state index >= 15 is 0 Å². The average Bonchev–Trinajstić information content (AvgIpc) is 2.31. The highest BCUT2D eigenvalue weighted by Gasteiger charge is 2.07. The molecule has 0 aromatic heterocycles. The van der Waals surface area contributed by atoms with Crippen molar-refractivity contribution in [2.75, 3.05) is 19.0 Å². The summed E-state index contributed by atoms with van der Waals surface area (Å²) >= 11 is 6.00. The van der Waals surface area contributed by atoms with Gasteiger partial charge in [-0.1, -0.05) is 25.4 Å². The average molecular weight is 271 g/mol. The molecule has 0 unspecified atom stereocenters. The van der Waals surface area contributed by atoms with E-state index in [0.29, 0.717) is 35.5 Å². The van der Waals surface area contributed by atoms with Crippen molar-refractivity contribution in [1.82, 2.24) is 5.32 Å². The van der Waals surface area contributed by atoms with E-state index in [0.717, 1.165) is 0 Å². The van der Waals surface area contributed by atoms with Gasteiger partial charge in [0.25, 0.3) is 0 Å². The van der Waals surface area contributed by atoms with Crippen LogP contribution in [0.4, 0.5) is 5.69 Å². The van der Waals surface area contributed by atoms with E-state index in [-0.39, 0.29) is 5.91 Å². The molecule has 100 valence electrons. The molecule has 1 aromatic rings. The highest BCUT2D eigenvalue weighted by molar-refractivity contribution is 6.33. The third-order valence-electron chi connectivity index (χ3n) is 2.35. The Hall–Kier alpha value is -1.26. The molecule has 0 aliphatic rings. The van der Waals surface area contributed by atoms with Crippen molar-refractivity contribution in [3.63, 3.8) is 0 Å². The summed E-state index contributed by atoms with van der Waals surface area (Å²) in [5, 5.41) is 6.45. The number of hydrogen-bond acceptors (Lipinski definition) is 3. The first-order valence-corrected chi connectivity index (χ1v) is 6.27. The number of methoxy groups -OCH3 is 1. The van der Waals surface area contributed by atoms with E-state index in [4.69, 9.17) is 16.3 Å². The molecule has 0 heterocycles. The lowest BCUT2D eigenvalue weighted by atomic mass is 10.2. The molecule has 0 atom stereocenters. The van der Waals surface area contributed by atoms with Gasteiger partial charge in [0.2, 0.25) is 5.91 Å². The van der Waals surface area contributed by atoms with E-state index in [2.05, 4.69) is 10.6 Å². The van der Waals surface area contributed by atoms with Crippen LogP contribution in [0.25, 0.3) is 0 Å². The number of carbonyl (C=O) groups is 1. The van der Waals surface area contributed by atoms with Crippen molar-refractivity contribution in [3.05, 3.63) is 23.2 Å². The van der Waals surface area contributed by atoms with E-state index in [1.807, 2.05) is 13.8 Å². The molecular weight excluding hydrogens is 252 g/mol. The highest BCUT2D eigenvalue weighted by Crippen LogP contribution is 2.26. The fraction of sp³-hybridized carbons (Fsp3) is 0.462. The maximum Gasteiger partial charge on any atom is 0.225 e. The van der Waals surface area contributed by atoms with Crippen LogP contribution in [0.5, 0.6) is 5.75 Å². The Morgan fingerprint density at radius 2 is 2.17 bits per heavy atom. The van der Waals surface area contributed by atoms with E-state index in [9.17, 15) is 4.79 Å². The summed E-state index contributed by atoms with van der Waals surface area (Å²) < 4.78 is 5.08. The highest BCUT2D eigenvalue weighted by atomic mass is 35.5. The van der Waals surface area contributed by atoms with Gasteiger partial charge in [0.1, 0.15) is 5.75 Å². The van der Waals surface area contributed by atoms with Gasteiger partial charge >= 0.3 is 0 Å². The topological polar surface area (TPSA) is 50.4 Å². The maximum atomic E-state index is 11.7. The van der Waals surface area contributed by atoms with Crippen molar-refractivity contribution in [1.29, 1.82) is 0 Å². The van der Waals surface area contributed by atoms with Crippen LogP contribution in [0.3, 0.4) is 0 Å². The zero-order valence-electron chi connectivity index (χ0n) is 10.9. The summed E-state index contributed by atoms with van der Waals surface area (Å²) in [6.45, 7) is 4.72. The summed E-state index contributed by atoms with van der Waals surface area (Å²) in [7, 11) is 1.57. The number of halogens is 1. The Balaban J connectivity index is 2.53. The largest absolute Gasteiger partial charge is 0.497 e. The number of amides is 1. The normalized spacial score (nSPS) is 10.5. The first kappa shape index (κ1) is 14.8. The summed E-state index contributed by atoms with van der Waals surface area (Å²) in [5.41, 5.74) is 0.575. The zero-order chi connectivity index (χ0) is 13.5. The number of anilines is 1. The lowest BCUT2D eigenvalue weighted by Crippen LogP contribution is -2.27. The number of carbonyl (C=O) groups excluding carboxylic acids is 1. The molecule has 0 fully saturated rings. The lowest BCUT2D eigenvalue weighted by molar-refractivity contribution is -0.116. The third-order valence-corrected chi connectivity index (χ3v) is 2.68. The Labute approximate surface area is 113 Å². The molecule has 18 heavy (non-hydrogen) atoms. The minimum Gasteiger partial charge on any atom is -0.497 e. The molecule has 0 radical (unpaired) electrons. The van der Waals surface area contributed by atoms with Gasteiger partial charge in [-0.3, -0.25) is 4.79 Å².